The Hall–Kier alpha value is -1.56. The maximum Gasteiger partial charge on any atom is 0.417 e. The van der Waals surface area contributed by atoms with Crippen LogP contribution in [0.1, 0.15) is 13.8 Å². The van der Waals surface area contributed by atoms with Crippen LogP contribution in [0.15, 0.2) is 27.4 Å². The van der Waals surface area contributed by atoms with E-state index < -0.39 is 5.76 Å². The summed E-state index contributed by atoms with van der Waals surface area (Å²) in [5, 5.41) is 2.77. The van der Waals surface area contributed by atoms with Crippen LogP contribution >= 0.6 is 15.9 Å². The average Bonchev–Trinajstić information content (AvgIpc) is 2.67. The first-order valence-corrected chi connectivity index (χ1v) is 6.47. The third kappa shape index (κ3) is 2.64. The zero-order valence-corrected chi connectivity index (χ0v) is 11.6. The molecular formula is C12H13BrN2O3. The number of rotatable bonds is 3. The van der Waals surface area contributed by atoms with E-state index in [1.54, 1.807) is 18.2 Å². The highest BCUT2D eigenvalue weighted by Gasteiger charge is 2.18. The summed E-state index contributed by atoms with van der Waals surface area (Å²) >= 11 is 3.33. The van der Waals surface area contributed by atoms with Gasteiger partial charge in [0.05, 0.1) is 10.3 Å². The minimum Gasteiger partial charge on any atom is -0.408 e. The zero-order chi connectivity index (χ0) is 13.3. The first-order chi connectivity index (χ1) is 8.47. The lowest BCUT2D eigenvalue weighted by molar-refractivity contribution is -0.116. The van der Waals surface area contributed by atoms with Crippen LogP contribution in [-0.2, 0) is 4.79 Å². The summed E-state index contributed by atoms with van der Waals surface area (Å²) in [6.07, 6.45) is 0. The molecule has 1 unspecified atom stereocenters. The molecular weight excluding hydrogens is 300 g/mol. The van der Waals surface area contributed by atoms with Crippen LogP contribution in [0.2, 0.25) is 0 Å². The van der Waals surface area contributed by atoms with Crippen molar-refractivity contribution < 1.29 is 9.21 Å². The normalized spacial score (nSPS) is 12.9. The van der Waals surface area contributed by atoms with E-state index in [4.69, 9.17) is 4.42 Å². The van der Waals surface area contributed by atoms with Crippen molar-refractivity contribution >= 4 is 38.6 Å². The summed E-state index contributed by atoms with van der Waals surface area (Å²) in [6.45, 7) is 3.91. The highest BCUT2D eigenvalue weighted by molar-refractivity contribution is 9.10. The van der Waals surface area contributed by atoms with Gasteiger partial charge in [-0.15, -0.1) is 0 Å². The first kappa shape index (κ1) is 12.9. The molecule has 0 saturated carbocycles. The lowest BCUT2D eigenvalue weighted by Gasteiger charge is -2.13. The van der Waals surface area contributed by atoms with Crippen LogP contribution in [0.4, 0.5) is 5.69 Å². The third-order valence-electron chi connectivity index (χ3n) is 2.52. The molecule has 0 bridgehead atoms. The van der Waals surface area contributed by atoms with Gasteiger partial charge in [-0.25, -0.2) is 4.79 Å². The molecule has 96 valence electrons. The minimum absolute atomic E-state index is 0.116. The number of amides is 1. The van der Waals surface area contributed by atoms with Crippen LogP contribution < -0.4 is 11.1 Å². The molecule has 2 aromatic rings. The molecule has 0 spiro atoms. The summed E-state index contributed by atoms with van der Waals surface area (Å²) in [6, 6.07) is 5.00. The Morgan fingerprint density at radius 2 is 2.17 bits per heavy atom. The van der Waals surface area contributed by atoms with E-state index in [2.05, 4.69) is 26.2 Å². The summed E-state index contributed by atoms with van der Waals surface area (Å²) in [5.41, 5.74) is 1.65. The second-order valence-corrected chi connectivity index (χ2v) is 5.35. The predicted molar refractivity (Wildman–Crippen MR) is 73.0 cm³/mol. The molecule has 0 radical (unpaired) electrons. The van der Waals surface area contributed by atoms with E-state index in [9.17, 15) is 9.59 Å². The number of fused-ring (bicyclic) bond motifs is 1. The number of halogens is 1. The topological polar surface area (TPSA) is 75.1 Å². The Balaban J connectivity index is 2.21. The molecule has 1 aromatic carbocycles. The van der Waals surface area contributed by atoms with Gasteiger partial charge in [0.25, 0.3) is 0 Å². The molecule has 0 aliphatic rings. The van der Waals surface area contributed by atoms with E-state index >= 15 is 0 Å². The van der Waals surface area contributed by atoms with Crippen LogP contribution in [0.5, 0.6) is 0 Å². The number of carbonyl (C=O) groups excluding carboxylic acids is 1. The number of aromatic nitrogens is 1. The molecule has 0 fully saturated rings. The van der Waals surface area contributed by atoms with E-state index in [0.717, 1.165) is 0 Å². The lowest BCUT2D eigenvalue weighted by Crippen LogP contribution is -2.26. The number of oxazole rings is 1. The summed E-state index contributed by atoms with van der Waals surface area (Å²) < 4.78 is 4.88. The first-order valence-electron chi connectivity index (χ1n) is 5.55. The highest BCUT2D eigenvalue weighted by atomic mass is 79.9. The number of nitrogens with one attached hydrogen (secondary N) is 2. The predicted octanol–water partition coefficient (Wildman–Crippen LogP) is 2.48. The molecule has 0 aliphatic carbocycles. The van der Waals surface area contributed by atoms with Crippen molar-refractivity contribution in [3.8, 4) is 0 Å². The summed E-state index contributed by atoms with van der Waals surface area (Å²) in [5.74, 6) is -0.424. The molecule has 18 heavy (non-hydrogen) atoms. The van der Waals surface area contributed by atoms with Gasteiger partial charge >= 0.3 is 5.76 Å². The van der Waals surface area contributed by atoms with Crippen molar-refractivity contribution in [2.45, 2.75) is 18.7 Å². The number of hydrogen-bond donors (Lipinski definition) is 2. The lowest BCUT2D eigenvalue weighted by atomic mass is 10.1. The molecule has 1 amide bonds. The van der Waals surface area contributed by atoms with Crippen molar-refractivity contribution in [2.75, 3.05) is 5.32 Å². The fourth-order valence-electron chi connectivity index (χ4n) is 1.54. The van der Waals surface area contributed by atoms with Gasteiger partial charge in [-0.05, 0) is 24.1 Å². The van der Waals surface area contributed by atoms with Crippen molar-refractivity contribution in [2.24, 2.45) is 5.92 Å². The summed E-state index contributed by atoms with van der Waals surface area (Å²) in [7, 11) is 0. The number of alkyl halides is 1. The number of aromatic amines is 1. The molecule has 1 aromatic heterocycles. The smallest absolute Gasteiger partial charge is 0.408 e. The maximum atomic E-state index is 11.8. The second kappa shape index (κ2) is 4.97. The molecule has 1 heterocycles. The molecule has 0 aliphatic heterocycles. The Bertz CT molecular complexity index is 630. The van der Waals surface area contributed by atoms with Gasteiger partial charge in [0.1, 0.15) is 0 Å². The zero-order valence-electron chi connectivity index (χ0n) is 9.99. The molecule has 1 atom stereocenters. The number of H-pyrrole nitrogens is 1. The van der Waals surface area contributed by atoms with Crippen LogP contribution in [0.3, 0.4) is 0 Å². The largest absolute Gasteiger partial charge is 0.417 e. The van der Waals surface area contributed by atoms with Gasteiger partial charge < -0.3 is 9.73 Å². The van der Waals surface area contributed by atoms with E-state index in [0.29, 0.717) is 16.8 Å². The summed E-state index contributed by atoms with van der Waals surface area (Å²) in [4.78, 5) is 25.1. The Morgan fingerprint density at radius 3 is 2.83 bits per heavy atom. The van der Waals surface area contributed by atoms with Crippen LogP contribution in [0.25, 0.3) is 11.1 Å². The number of hydrogen-bond acceptors (Lipinski definition) is 3. The SMILES string of the molecule is CC(C)C(Br)C(=O)Nc1ccc2oc(=O)[nH]c2c1. The van der Waals surface area contributed by atoms with Gasteiger partial charge in [0.2, 0.25) is 5.91 Å². The fraction of sp³-hybridized carbons (Fsp3) is 0.333. The van der Waals surface area contributed by atoms with Crippen molar-refractivity contribution in [1.82, 2.24) is 4.98 Å². The van der Waals surface area contributed by atoms with E-state index in [-0.39, 0.29) is 16.7 Å². The van der Waals surface area contributed by atoms with Gasteiger partial charge in [0, 0.05) is 5.69 Å². The minimum atomic E-state index is -0.506. The Kier molecular flexibility index (Phi) is 3.56. The molecule has 6 heteroatoms. The van der Waals surface area contributed by atoms with Crippen molar-refractivity contribution in [3.63, 3.8) is 0 Å². The quantitative estimate of drug-likeness (QED) is 0.855. The molecule has 0 saturated heterocycles. The van der Waals surface area contributed by atoms with E-state index in [1.165, 1.54) is 0 Å². The average molecular weight is 313 g/mol. The van der Waals surface area contributed by atoms with Crippen molar-refractivity contribution in [3.05, 3.63) is 28.7 Å². The van der Waals surface area contributed by atoms with Crippen LogP contribution in [-0.4, -0.2) is 15.7 Å². The Morgan fingerprint density at radius 1 is 1.44 bits per heavy atom. The third-order valence-corrected chi connectivity index (χ3v) is 4.00. The number of anilines is 1. The van der Waals surface area contributed by atoms with Gasteiger partial charge in [0.15, 0.2) is 5.58 Å². The van der Waals surface area contributed by atoms with Crippen LogP contribution in [0, 0.1) is 5.92 Å². The van der Waals surface area contributed by atoms with Gasteiger partial charge in [-0.2, -0.15) is 0 Å². The second-order valence-electron chi connectivity index (χ2n) is 4.36. The highest BCUT2D eigenvalue weighted by Crippen LogP contribution is 2.19. The number of carbonyl (C=O) groups is 1. The van der Waals surface area contributed by atoms with E-state index in [1.807, 2.05) is 13.8 Å². The van der Waals surface area contributed by atoms with Gasteiger partial charge in [-0.1, -0.05) is 29.8 Å². The molecule has 2 rings (SSSR count). The van der Waals surface area contributed by atoms with Crippen molar-refractivity contribution in [1.29, 1.82) is 0 Å². The monoisotopic (exact) mass is 312 g/mol. The molecule has 2 N–H and O–H groups in total. The number of benzene rings is 1. The Labute approximate surface area is 112 Å². The molecule has 5 nitrogen and oxygen atoms in total. The van der Waals surface area contributed by atoms with Gasteiger partial charge in [-0.3, -0.25) is 9.78 Å². The standard InChI is InChI=1S/C12H13BrN2O3/c1-6(2)10(13)11(16)14-7-3-4-9-8(5-7)15-12(17)18-9/h3-6,10H,1-2H3,(H,14,16)(H,15,17). The maximum absolute atomic E-state index is 11.8. The fourth-order valence-corrected chi connectivity index (χ4v) is 1.66.